The predicted molar refractivity (Wildman–Crippen MR) is 68.8 cm³/mol. The third kappa shape index (κ3) is 3.98. The molecule has 0 fully saturated rings. The Kier molecular flexibility index (Phi) is 4.89. The predicted octanol–water partition coefficient (Wildman–Crippen LogP) is 0.731. The van der Waals surface area contributed by atoms with E-state index in [1.165, 1.54) is 11.8 Å². The number of amides is 1. The lowest BCUT2D eigenvalue weighted by Gasteiger charge is -2.26. The maximum Gasteiger partial charge on any atom is 0.238 e. The molecule has 1 heterocycles. The molecule has 3 N–H and O–H groups in total. The highest BCUT2D eigenvalue weighted by Gasteiger charge is 2.30. The molecule has 1 unspecified atom stereocenters. The fraction of sp³-hybridized carbons (Fsp3) is 0.545. The Labute approximate surface area is 106 Å². The second-order valence-corrected chi connectivity index (χ2v) is 5.00. The zero-order chi connectivity index (χ0) is 12.9. The Morgan fingerprint density at radius 2 is 2.12 bits per heavy atom. The molecule has 0 saturated carbocycles. The standard InChI is InChI=1S/C11H18N4OS/c1-4-15-11(3,9(12)16)7-17-10-13-5-8(2)6-14-10/h5-6,15H,4,7H2,1-3H3,(H2,12,16). The number of aryl methyl sites for hydroxylation is 1. The minimum atomic E-state index is -0.729. The Morgan fingerprint density at radius 1 is 1.53 bits per heavy atom. The first kappa shape index (κ1) is 13.9. The Bertz CT molecular complexity index is 382. The summed E-state index contributed by atoms with van der Waals surface area (Å²) in [5.41, 5.74) is 5.67. The van der Waals surface area contributed by atoms with Gasteiger partial charge in [0.05, 0.1) is 0 Å². The van der Waals surface area contributed by atoms with Gasteiger partial charge in [-0.2, -0.15) is 0 Å². The van der Waals surface area contributed by atoms with Crippen molar-refractivity contribution in [2.75, 3.05) is 12.3 Å². The molecule has 1 rings (SSSR count). The second-order valence-electron chi connectivity index (χ2n) is 4.06. The van der Waals surface area contributed by atoms with Crippen LogP contribution < -0.4 is 11.1 Å². The minimum absolute atomic E-state index is 0.362. The van der Waals surface area contributed by atoms with Gasteiger partial charge in [-0.3, -0.25) is 4.79 Å². The average molecular weight is 254 g/mol. The van der Waals surface area contributed by atoms with Crippen molar-refractivity contribution in [2.24, 2.45) is 5.73 Å². The summed E-state index contributed by atoms with van der Waals surface area (Å²) in [5, 5.41) is 3.74. The smallest absolute Gasteiger partial charge is 0.238 e. The molecule has 17 heavy (non-hydrogen) atoms. The van der Waals surface area contributed by atoms with E-state index in [0.29, 0.717) is 17.5 Å². The third-order valence-corrected chi connectivity index (χ3v) is 3.55. The summed E-state index contributed by atoms with van der Waals surface area (Å²) in [7, 11) is 0. The number of nitrogens with two attached hydrogens (primary N) is 1. The average Bonchev–Trinajstić information content (AvgIpc) is 2.28. The number of aromatic nitrogens is 2. The molecule has 0 aliphatic rings. The van der Waals surface area contributed by atoms with E-state index in [9.17, 15) is 4.79 Å². The van der Waals surface area contributed by atoms with Gasteiger partial charge in [-0.1, -0.05) is 18.7 Å². The lowest BCUT2D eigenvalue weighted by atomic mass is 10.1. The second kappa shape index (κ2) is 5.97. The number of thioether (sulfide) groups is 1. The maximum absolute atomic E-state index is 11.4. The van der Waals surface area contributed by atoms with Crippen LogP contribution in [-0.4, -0.2) is 33.7 Å². The topological polar surface area (TPSA) is 80.9 Å². The van der Waals surface area contributed by atoms with Gasteiger partial charge in [0.2, 0.25) is 5.91 Å². The van der Waals surface area contributed by atoms with Crippen LogP contribution in [0.15, 0.2) is 17.6 Å². The van der Waals surface area contributed by atoms with Crippen LogP contribution in [0.3, 0.4) is 0 Å². The number of primary amides is 1. The Balaban J connectivity index is 2.64. The zero-order valence-electron chi connectivity index (χ0n) is 10.4. The van der Waals surface area contributed by atoms with Crippen molar-refractivity contribution in [3.8, 4) is 0 Å². The highest BCUT2D eigenvalue weighted by Crippen LogP contribution is 2.18. The van der Waals surface area contributed by atoms with E-state index >= 15 is 0 Å². The van der Waals surface area contributed by atoms with Crippen molar-refractivity contribution < 1.29 is 4.79 Å². The van der Waals surface area contributed by atoms with Gasteiger partial charge in [-0.05, 0) is 26.0 Å². The van der Waals surface area contributed by atoms with Gasteiger partial charge in [-0.25, -0.2) is 9.97 Å². The molecule has 0 bridgehead atoms. The number of likely N-dealkylation sites (N-methyl/N-ethyl adjacent to an activating group) is 1. The van der Waals surface area contributed by atoms with Crippen molar-refractivity contribution in [3.63, 3.8) is 0 Å². The molecular weight excluding hydrogens is 236 g/mol. The normalized spacial score (nSPS) is 14.3. The molecule has 1 atom stereocenters. The maximum atomic E-state index is 11.4. The monoisotopic (exact) mass is 254 g/mol. The Hall–Kier alpha value is -1.14. The molecule has 0 saturated heterocycles. The summed E-state index contributed by atoms with van der Waals surface area (Å²) in [6, 6.07) is 0. The number of hydrogen-bond acceptors (Lipinski definition) is 5. The van der Waals surface area contributed by atoms with E-state index in [1.54, 1.807) is 19.3 Å². The van der Waals surface area contributed by atoms with Crippen LogP contribution in [-0.2, 0) is 4.79 Å². The van der Waals surface area contributed by atoms with Crippen molar-refractivity contribution in [2.45, 2.75) is 31.5 Å². The number of nitrogens with one attached hydrogen (secondary N) is 1. The molecule has 0 spiro atoms. The van der Waals surface area contributed by atoms with E-state index in [-0.39, 0.29) is 5.91 Å². The lowest BCUT2D eigenvalue weighted by molar-refractivity contribution is -0.122. The molecule has 94 valence electrons. The Morgan fingerprint density at radius 3 is 2.59 bits per heavy atom. The first-order valence-electron chi connectivity index (χ1n) is 5.44. The van der Waals surface area contributed by atoms with Crippen LogP contribution in [0.1, 0.15) is 19.4 Å². The molecule has 0 aliphatic carbocycles. The van der Waals surface area contributed by atoms with Gasteiger partial charge in [0.1, 0.15) is 5.54 Å². The molecule has 6 heteroatoms. The first-order valence-corrected chi connectivity index (χ1v) is 6.43. The largest absolute Gasteiger partial charge is 0.368 e. The van der Waals surface area contributed by atoms with Crippen LogP contribution in [0, 0.1) is 6.92 Å². The van der Waals surface area contributed by atoms with Crippen LogP contribution in [0.4, 0.5) is 0 Å². The third-order valence-electron chi connectivity index (χ3n) is 2.36. The van der Waals surface area contributed by atoms with Gasteiger partial charge >= 0.3 is 0 Å². The lowest BCUT2D eigenvalue weighted by Crippen LogP contribution is -2.55. The fourth-order valence-corrected chi connectivity index (χ4v) is 2.18. The molecule has 0 radical (unpaired) electrons. The molecule has 1 aromatic rings. The summed E-state index contributed by atoms with van der Waals surface area (Å²) >= 11 is 1.42. The van der Waals surface area contributed by atoms with Gasteiger partial charge in [0.25, 0.3) is 0 Å². The van der Waals surface area contributed by atoms with Crippen LogP contribution in [0.2, 0.25) is 0 Å². The minimum Gasteiger partial charge on any atom is -0.368 e. The summed E-state index contributed by atoms with van der Waals surface area (Å²) in [4.78, 5) is 19.7. The highest BCUT2D eigenvalue weighted by atomic mass is 32.2. The number of hydrogen-bond donors (Lipinski definition) is 2. The van der Waals surface area contributed by atoms with Gasteiger partial charge in [0, 0.05) is 18.1 Å². The molecule has 1 aromatic heterocycles. The summed E-state index contributed by atoms with van der Waals surface area (Å²) in [6.45, 7) is 6.35. The highest BCUT2D eigenvalue weighted by molar-refractivity contribution is 7.99. The van der Waals surface area contributed by atoms with Gasteiger partial charge in [0.15, 0.2) is 5.16 Å². The quantitative estimate of drug-likeness (QED) is 0.578. The van der Waals surface area contributed by atoms with Crippen LogP contribution in [0.5, 0.6) is 0 Å². The van der Waals surface area contributed by atoms with Crippen LogP contribution in [0.25, 0.3) is 0 Å². The number of carbonyl (C=O) groups excluding carboxylic acids is 1. The zero-order valence-corrected chi connectivity index (χ0v) is 11.2. The molecule has 1 amide bonds. The van der Waals surface area contributed by atoms with E-state index < -0.39 is 5.54 Å². The van der Waals surface area contributed by atoms with E-state index in [1.807, 2.05) is 13.8 Å². The van der Waals surface area contributed by atoms with Gasteiger partial charge in [-0.15, -0.1) is 0 Å². The van der Waals surface area contributed by atoms with E-state index in [4.69, 9.17) is 5.73 Å². The fourth-order valence-electron chi connectivity index (χ4n) is 1.26. The van der Waals surface area contributed by atoms with Crippen molar-refractivity contribution in [3.05, 3.63) is 18.0 Å². The van der Waals surface area contributed by atoms with Crippen molar-refractivity contribution >= 4 is 17.7 Å². The number of carbonyl (C=O) groups is 1. The molecule has 0 aliphatic heterocycles. The van der Waals surface area contributed by atoms with E-state index in [2.05, 4.69) is 15.3 Å². The summed E-state index contributed by atoms with van der Waals surface area (Å²) in [6.07, 6.45) is 3.51. The number of nitrogens with zero attached hydrogens (tertiary/aromatic N) is 2. The van der Waals surface area contributed by atoms with E-state index in [0.717, 1.165) is 5.56 Å². The number of rotatable bonds is 6. The molecular formula is C11H18N4OS. The molecule has 0 aromatic carbocycles. The SMILES string of the molecule is CCNC(C)(CSc1ncc(C)cn1)C(N)=O. The van der Waals surface area contributed by atoms with Crippen molar-refractivity contribution in [1.82, 2.24) is 15.3 Å². The van der Waals surface area contributed by atoms with Crippen LogP contribution >= 0.6 is 11.8 Å². The summed E-state index contributed by atoms with van der Waals surface area (Å²) < 4.78 is 0. The first-order chi connectivity index (χ1) is 7.98. The van der Waals surface area contributed by atoms with Crippen molar-refractivity contribution in [1.29, 1.82) is 0 Å². The van der Waals surface area contributed by atoms with Gasteiger partial charge < -0.3 is 11.1 Å². The molecule has 5 nitrogen and oxygen atoms in total. The summed E-state index contributed by atoms with van der Waals surface area (Å²) in [5.74, 6) is 0.151.